The van der Waals surface area contributed by atoms with Crippen LogP contribution in [0.2, 0.25) is 0 Å². The first-order valence-corrected chi connectivity index (χ1v) is 4.76. The van der Waals surface area contributed by atoms with Gasteiger partial charge in [-0.15, -0.1) is 0 Å². The standard InChI is InChI=1S/C11H11F2NO/c1-14-9-5-3-2-4-8(9)11(12,13)7-6-10(14)15/h2-5H,6-7H2,1H3. The Morgan fingerprint density at radius 1 is 1.33 bits per heavy atom. The van der Waals surface area contributed by atoms with Crippen molar-refractivity contribution in [2.24, 2.45) is 0 Å². The van der Waals surface area contributed by atoms with Crippen LogP contribution in [0.25, 0.3) is 0 Å². The zero-order valence-corrected chi connectivity index (χ0v) is 8.34. The maximum absolute atomic E-state index is 13.6. The molecule has 0 fully saturated rings. The fourth-order valence-electron chi connectivity index (χ4n) is 1.78. The lowest BCUT2D eigenvalue weighted by atomic mass is 10.0. The molecule has 80 valence electrons. The van der Waals surface area contributed by atoms with Crippen LogP contribution in [0.4, 0.5) is 14.5 Å². The van der Waals surface area contributed by atoms with E-state index in [-0.39, 0.29) is 17.9 Å². The van der Waals surface area contributed by atoms with E-state index in [2.05, 4.69) is 0 Å². The van der Waals surface area contributed by atoms with Gasteiger partial charge in [-0.1, -0.05) is 18.2 Å². The molecule has 0 radical (unpaired) electrons. The Morgan fingerprint density at radius 2 is 2.00 bits per heavy atom. The van der Waals surface area contributed by atoms with Crippen molar-refractivity contribution in [1.29, 1.82) is 0 Å². The summed E-state index contributed by atoms with van der Waals surface area (Å²) < 4.78 is 27.2. The molecule has 1 aliphatic heterocycles. The molecule has 0 aliphatic carbocycles. The lowest BCUT2D eigenvalue weighted by molar-refractivity contribution is -0.119. The van der Waals surface area contributed by atoms with E-state index in [9.17, 15) is 13.6 Å². The highest BCUT2D eigenvalue weighted by atomic mass is 19.3. The van der Waals surface area contributed by atoms with Gasteiger partial charge in [0.05, 0.1) is 5.69 Å². The fraction of sp³-hybridized carbons (Fsp3) is 0.364. The SMILES string of the molecule is CN1C(=O)CCC(F)(F)c2ccccc21. The van der Waals surface area contributed by atoms with Gasteiger partial charge in [-0.3, -0.25) is 4.79 Å². The summed E-state index contributed by atoms with van der Waals surface area (Å²) in [6.07, 6.45) is -0.522. The van der Waals surface area contributed by atoms with Gasteiger partial charge in [0.25, 0.3) is 5.92 Å². The van der Waals surface area contributed by atoms with Crippen molar-refractivity contribution < 1.29 is 13.6 Å². The van der Waals surface area contributed by atoms with Gasteiger partial charge in [-0.25, -0.2) is 8.78 Å². The molecule has 1 amide bonds. The van der Waals surface area contributed by atoms with Crippen LogP contribution in [-0.2, 0) is 10.7 Å². The van der Waals surface area contributed by atoms with Gasteiger partial charge in [0.15, 0.2) is 0 Å². The lowest BCUT2D eigenvalue weighted by Crippen LogP contribution is -2.24. The van der Waals surface area contributed by atoms with Crippen molar-refractivity contribution in [2.75, 3.05) is 11.9 Å². The zero-order valence-electron chi connectivity index (χ0n) is 8.34. The molecule has 0 bridgehead atoms. The number of anilines is 1. The molecule has 0 saturated heterocycles. The second-order valence-corrected chi connectivity index (χ2v) is 3.67. The molecule has 4 heteroatoms. The van der Waals surface area contributed by atoms with Crippen LogP contribution in [0, 0.1) is 0 Å². The molecule has 0 spiro atoms. The van der Waals surface area contributed by atoms with E-state index >= 15 is 0 Å². The quantitative estimate of drug-likeness (QED) is 0.645. The number of amides is 1. The predicted molar refractivity (Wildman–Crippen MR) is 53.0 cm³/mol. The second kappa shape index (κ2) is 3.29. The Hall–Kier alpha value is -1.45. The number of benzene rings is 1. The van der Waals surface area contributed by atoms with Crippen molar-refractivity contribution in [1.82, 2.24) is 0 Å². The van der Waals surface area contributed by atoms with Crippen LogP contribution in [0.1, 0.15) is 18.4 Å². The van der Waals surface area contributed by atoms with Crippen molar-refractivity contribution >= 4 is 11.6 Å². The van der Waals surface area contributed by atoms with Crippen LogP contribution in [0.5, 0.6) is 0 Å². The van der Waals surface area contributed by atoms with Gasteiger partial charge in [-0.05, 0) is 6.07 Å². The number of fused-ring (bicyclic) bond motifs is 1. The maximum atomic E-state index is 13.6. The Bertz CT molecular complexity index is 403. The van der Waals surface area contributed by atoms with Gasteiger partial charge in [0.2, 0.25) is 5.91 Å². The molecule has 0 aromatic heterocycles. The van der Waals surface area contributed by atoms with Crippen molar-refractivity contribution in [3.63, 3.8) is 0 Å². The minimum absolute atomic E-state index is 0.0571. The summed E-state index contributed by atoms with van der Waals surface area (Å²) in [6.45, 7) is 0. The van der Waals surface area contributed by atoms with Gasteiger partial charge in [-0.2, -0.15) is 0 Å². The summed E-state index contributed by atoms with van der Waals surface area (Å²) in [6, 6.07) is 6.15. The van der Waals surface area contributed by atoms with Crippen LogP contribution >= 0.6 is 0 Å². The van der Waals surface area contributed by atoms with Gasteiger partial charge in [0.1, 0.15) is 0 Å². The summed E-state index contributed by atoms with van der Waals surface area (Å²) in [5, 5.41) is 0. The molecule has 15 heavy (non-hydrogen) atoms. The number of hydrogen-bond donors (Lipinski definition) is 0. The normalized spacial score (nSPS) is 19.7. The van der Waals surface area contributed by atoms with E-state index in [1.807, 2.05) is 0 Å². The third-order valence-corrected chi connectivity index (χ3v) is 2.69. The molecule has 1 heterocycles. The molecule has 1 aromatic rings. The number of carbonyl (C=O) groups excluding carboxylic acids is 1. The molecule has 0 N–H and O–H groups in total. The first-order valence-electron chi connectivity index (χ1n) is 4.76. The summed E-state index contributed by atoms with van der Waals surface area (Å²) in [5.74, 6) is -3.17. The van der Waals surface area contributed by atoms with Crippen LogP contribution < -0.4 is 4.90 Å². The molecule has 2 rings (SSSR count). The van der Waals surface area contributed by atoms with Gasteiger partial charge >= 0.3 is 0 Å². The molecular weight excluding hydrogens is 200 g/mol. The maximum Gasteiger partial charge on any atom is 0.275 e. The number of nitrogens with zero attached hydrogens (tertiary/aromatic N) is 1. The summed E-state index contributed by atoms with van der Waals surface area (Å²) >= 11 is 0. The summed E-state index contributed by atoms with van der Waals surface area (Å²) in [7, 11) is 1.53. The number of alkyl halides is 2. The summed E-state index contributed by atoms with van der Waals surface area (Å²) in [5.41, 5.74) is 0.253. The zero-order chi connectivity index (χ0) is 11.1. The number of rotatable bonds is 0. The highest BCUT2D eigenvalue weighted by molar-refractivity contribution is 5.94. The minimum atomic E-state index is -2.91. The Balaban J connectivity index is 2.59. The Kier molecular flexibility index (Phi) is 2.21. The third kappa shape index (κ3) is 1.60. The first-order chi connectivity index (χ1) is 7.02. The number of para-hydroxylation sites is 1. The average molecular weight is 211 g/mol. The molecular formula is C11H11F2NO. The van der Waals surface area contributed by atoms with E-state index in [1.54, 1.807) is 18.2 Å². The van der Waals surface area contributed by atoms with E-state index in [0.29, 0.717) is 5.69 Å². The molecule has 2 nitrogen and oxygen atoms in total. The number of hydrogen-bond acceptors (Lipinski definition) is 1. The topological polar surface area (TPSA) is 20.3 Å². The van der Waals surface area contributed by atoms with E-state index in [1.165, 1.54) is 18.0 Å². The molecule has 1 aromatic carbocycles. The van der Waals surface area contributed by atoms with Gasteiger partial charge in [0, 0.05) is 25.5 Å². The van der Waals surface area contributed by atoms with E-state index < -0.39 is 12.3 Å². The Labute approximate surface area is 86.5 Å². The lowest BCUT2D eigenvalue weighted by Gasteiger charge is -2.19. The highest BCUT2D eigenvalue weighted by Crippen LogP contribution is 2.41. The average Bonchev–Trinajstić information content (AvgIpc) is 2.31. The predicted octanol–water partition coefficient (Wildman–Crippen LogP) is 2.54. The van der Waals surface area contributed by atoms with Gasteiger partial charge < -0.3 is 4.90 Å². The highest BCUT2D eigenvalue weighted by Gasteiger charge is 2.38. The fourth-order valence-corrected chi connectivity index (χ4v) is 1.78. The van der Waals surface area contributed by atoms with Crippen LogP contribution in [0.3, 0.4) is 0 Å². The largest absolute Gasteiger partial charge is 0.315 e. The smallest absolute Gasteiger partial charge is 0.275 e. The summed E-state index contributed by atoms with van der Waals surface area (Å²) in [4.78, 5) is 12.8. The molecule has 0 saturated carbocycles. The minimum Gasteiger partial charge on any atom is -0.315 e. The molecule has 1 aliphatic rings. The van der Waals surface area contributed by atoms with Crippen LogP contribution in [0.15, 0.2) is 24.3 Å². The van der Waals surface area contributed by atoms with Crippen molar-refractivity contribution in [3.8, 4) is 0 Å². The molecule has 0 atom stereocenters. The second-order valence-electron chi connectivity index (χ2n) is 3.67. The van der Waals surface area contributed by atoms with Crippen LogP contribution in [-0.4, -0.2) is 13.0 Å². The van der Waals surface area contributed by atoms with E-state index in [4.69, 9.17) is 0 Å². The monoisotopic (exact) mass is 211 g/mol. The van der Waals surface area contributed by atoms with Crippen molar-refractivity contribution in [2.45, 2.75) is 18.8 Å². The van der Waals surface area contributed by atoms with E-state index in [0.717, 1.165) is 0 Å². The number of halogens is 2. The Morgan fingerprint density at radius 3 is 2.73 bits per heavy atom. The molecule has 0 unspecified atom stereocenters. The third-order valence-electron chi connectivity index (χ3n) is 2.69. The van der Waals surface area contributed by atoms with Crippen molar-refractivity contribution in [3.05, 3.63) is 29.8 Å². The number of carbonyl (C=O) groups is 1. The first kappa shape index (κ1) is 10.1.